The standard InChI is InChI=1S/C24H27N3O6/c1-30-22-7-3-2-6-20(22)27-10-8-26(9-11-27)15-19-13-21(28)23(16-32-19)33-17-24(29)25-14-18-5-4-12-31-18/h2-7,12-13,16H,8-11,14-15,17H2,1H3,(H,25,29). The zero-order chi connectivity index (χ0) is 23.0. The highest BCUT2D eigenvalue weighted by molar-refractivity contribution is 5.77. The number of hydrogen-bond donors (Lipinski definition) is 1. The lowest BCUT2D eigenvalue weighted by Gasteiger charge is -2.36. The van der Waals surface area contributed by atoms with Crippen LogP contribution in [-0.2, 0) is 17.9 Å². The monoisotopic (exact) mass is 453 g/mol. The van der Waals surface area contributed by atoms with Crippen LogP contribution in [0.3, 0.4) is 0 Å². The van der Waals surface area contributed by atoms with Gasteiger partial charge < -0.3 is 28.5 Å². The first kappa shape index (κ1) is 22.5. The van der Waals surface area contributed by atoms with Crippen molar-refractivity contribution in [3.05, 3.63) is 76.7 Å². The van der Waals surface area contributed by atoms with Crippen LogP contribution < -0.4 is 25.1 Å². The molecule has 1 aliphatic rings. The van der Waals surface area contributed by atoms with Gasteiger partial charge >= 0.3 is 0 Å². The number of anilines is 1. The molecular weight excluding hydrogens is 426 g/mol. The first-order valence-electron chi connectivity index (χ1n) is 10.8. The molecule has 1 amide bonds. The van der Waals surface area contributed by atoms with E-state index < -0.39 is 0 Å². The number of nitrogens with zero attached hydrogens (tertiary/aromatic N) is 2. The van der Waals surface area contributed by atoms with Gasteiger partial charge in [0, 0.05) is 32.2 Å². The van der Waals surface area contributed by atoms with Crippen LogP contribution in [0, 0.1) is 0 Å². The predicted octanol–water partition coefficient (Wildman–Crippen LogP) is 2.26. The van der Waals surface area contributed by atoms with Crippen LogP contribution >= 0.6 is 0 Å². The molecule has 2 aromatic heterocycles. The van der Waals surface area contributed by atoms with Crippen LogP contribution in [0.25, 0.3) is 0 Å². The minimum atomic E-state index is -0.359. The lowest BCUT2D eigenvalue weighted by atomic mass is 10.2. The van der Waals surface area contributed by atoms with Gasteiger partial charge in [0.1, 0.15) is 23.5 Å². The highest BCUT2D eigenvalue weighted by Crippen LogP contribution is 2.28. The number of ether oxygens (including phenoxy) is 2. The second-order valence-corrected chi connectivity index (χ2v) is 7.65. The largest absolute Gasteiger partial charge is 0.495 e. The average Bonchev–Trinajstić information content (AvgIpc) is 3.36. The Morgan fingerprint density at radius 2 is 1.85 bits per heavy atom. The topological polar surface area (TPSA) is 97.4 Å². The Balaban J connectivity index is 1.25. The number of amides is 1. The SMILES string of the molecule is COc1ccccc1N1CCN(Cc2cc(=O)c(OCC(=O)NCc3ccco3)co2)CC1. The van der Waals surface area contributed by atoms with E-state index in [-0.39, 0.29) is 30.2 Å². The number of piperazine rings is 1. The van der Waals surface area contributed by atoms with Gasteiger partial charge in [-0.15, -0.1) is 0 Å². The molecule has 0 spiro atoms. The molecule has 33 heavy (non-hydrogen) atoms. The maximum Gasteiger partial charge on any atom is 0.258 e. The number of carbonyl (C=O) groups excluding carboxylic acids is 1. The molecule has 1 fully saturated rings. The van der Waals surface area contributed by atoms with Crippen molar-refractivity contribution in [1.82, 2.24) is 10.2 Å². The molecule has 174 valence electrons. The molecule has 3 aromatic rings. The van der Waals surface area contributed by atoms with E-state index in [9.17, 15) is 9.59 Å². The second-order valence-electron chi connectivity index (χ2n) is 7.65. The molecule has 1 saturated heterocycles. The van der Waals surface area contributed by atoms with Crippen LogP contribution in [-0.4, -0.2) is 50.7 Å². The lowest BCUT2D eigenvalue weighted by molar-refractivity contribution is -0.123. The Morgan fingerprint density at radius 3 is 2.58 bits per heavy atom. The van der Waals surface area contributed by atoms with Gasteiger partial charge in [-0.2, -0.15) is 0 Å². The van der Waals surface area contributed by atoms with Gasteiger partial charge in [0.15, 0.2) is 6.61 Å². The van der Waals surface area contributed by atoms with Crippen molar-refractivity contribution >= 4 is 11.6 Å². The number of para-hydroxylation sites is 2. The van der Waals surface area contributed by atoms with E-state index in [0.29, 0.717) is 18.1 Å². The van der Waals surface area contributed by atoms with Gasteiger partial charge in [0.2, 0.25) is 11.2 Å². The smallest absolute Gasteiger partial charge is 0.258 e. The van der Waals surface area contributed by atoms with Crippen LogP contribution in [0.1, 0.15) is 11.5 Å². The molecule has 0 atom stereocenters. The molecule has 0 aliphatic carbocycles. The van der Waals surface area contributed by atoms with Crippen molar-refractivity contribution in [2.45, 2.75) is 13.1 Å². The fraction of sp³-hybridized carbons (Fsp3) is 0.333. The summed E-state index contributed by atoms with van der Waals surface area (Å²) in [6.45, 7) is 3.85. The quantitative estimate of drug-likeness (QED) is 0.527. The van der Waals surface area contributed by atoms with Gasteiger partial charge in [0.25, 0.3) is 5.91 Å². The van der Waals surface area contributed by atoms with Crippen molar-refractivity contribution in [2.75, 3.05) is 44.8 Å². The summed E-state index contributed by atoms with van der Waals surface area (Å²) in [5.41, 5.74) is 0.767. The number of methoxy groups -OCH3 is 1. The fourth-order valence-electron chi connectivity index (χ4n) is 3.68. The third-order valence-corrected chi connectivity index (χ3v) is 5.43. The van der Waals surface area contributed by atoms with E-state index >= 15 is 0 Å². The fourth-order valence-corrected chi connectivity index (χ4v) is 3.68. The Labute approximate surface area is 191 Å². The van der Waals surface area contributed by atoms with Crippen LogP contribution in [0.15, 0.2) is 68.6 Å². The highest BCUT2D eigenvalue weighted by atomic mass is 16.5. The van der Waals surface area contributed by atoms with E-state index in [4.69, 9.17) is 18.3 Å². The van der Waals surface area contributed by atoms with Gasteiger partial charge in [-0.05, 0) is 24.3 Å². The third kappa shape index (κ3) is 5.95. The summed E-state index contributed by atoms with van der Waals surface area (Å²) in [5.74, 6) is 1.70. The molecule has 0 unspecified atom stereocenters. The second kappa shape index (κ2) is 10.7. The molecule has 0 saturated carbocycles. The Morgan fingerprint density at radius 1 is 1.03 bits per heavy atom. The van der Waals surface area contributed by atoms with E-state index in [1.807, 2.05) is 18.2 Å². The zero-order valence-corrected chi connectivity index (χ0v) is 18.5. The van der Waals surface area contributed by atoms with Gasteiger partial charge in [0.05, 0.1) is 32.1 Å². The molecular formula is C24H27N3O6. The first-order valence-corrected chi connectivity index (χ1v) is 10.8. The summed E-state index contributed by atoms with van der Waals surface area (Å²) in [5, 5.41) is 2.65. The first-order chi connectivity index (χ1) is 16.1. The summed E-state index contributed by atoms with van der Waals surface area (Å²) < 4.78 is 21.5. The summed E-state index contributed by atoms with van der Waals surface area (Å²) in [6.07, 6.45) is 2.80. The molecule has 0 bridgehead atoms. The Bertz CT molecular complexity index is 1100. The Kier molecular flexibility index (Phi) is 7.31. The molecule has 3 heterocycles. The number of furan rings is 1. The van der Waals surface area contributed by atoms with Gasteiger partial charge in [-0.1, -0.05) is 12.1 Å². The summed E-state index contributed by atoms with van der Waals surface area (Å²) in [7, 11) is 1.68. The van der Waals surface area contributed by atoms with Gasteiger partial charge in [-0.3, -0.25) is 14.5 Å². The zero-order valence-electron chi connectivity index (χ0n) is 18.5. The lowest BCUT2D eigenvalue weighted by Crippen LogP contribution is -2.46. The van der Waals surface area contributed by atoms with Crippen LogP contribution in [0.2, 0.25) is 0 Å². The summed E-state index contributed by atoms with van der Waals surface area (Å²) in [6, 6.07) is 12.9. The van der Waals surface area contributed by atoms with E-state index in [1.165, 1.54) is 18.6 Å². The Hall–Kier alpha value is -3.72. The third-order valence-electron chi connectivity index (χ3n) is 5.43. The predicted molar refractivity (Wildman–Crippen MR) is 122 cm³/mol. The van der Waals surface area contributed by atoms with Crippen molar-refractivity contribution < 1.29 is 23.1 Å². The van der Waals surface area contributed by atoms with Crippen LogP contribution in [0.4, 0.5) is 5.69 Å². The van der Waals surface area contributed by atoms with E-state index in [2.05, 4.69) is 21.2 Å². The number of benzene rings is 1. The average molecular weight is 453 g/mol. The molecule has 0 radical (unpaired) electrons. The number of hydrogen-bond acceptors (Lipinski definition) is 8. The minimum absolute atomic E-state index is 0.00731. The molecule has 1 aliphatic heterocycles. The number of nitrogens with one attached hydrogen (secondary N) is 1. The maximum absolute atomic E-state index is 12.4. The van der Waals surface area contributed by atoms with Crippen molar-refractivity contribution in [2.24, 2.45) is 0 Å². The van der Waals surface area contributed by atoms with E-state index in [1.54, 1.807) is 19.2 Å². The normalized spacial score (nSPS) is 14.2. The molecule has 9 nitrogen and oxygen atoms in total. The van der Waals surface area contributed by atoms with Crippen molar-refractivity contribution in [1.29, 1.82) is 0 Å². The molecule has 1 aromatic carbocycles. The molecule has 9 heteroatoms. The molecule has 1 N–H and O–H groups in total. The molecule has 4 rings (SSSR count). The summed E-state index contributed by atoms with van der Waals surface area (Å²) >= 11 is 0. The number of carbonyl (C=O) groups is 1. The van der Waals surface area contributed by atoms with Crippen molar-refractivity contribution in [3.63, 3.8) is 0 Å². The van der Waals surface area contributed by atoms with Crippen LogP contribution in [0.5, 0.6) is 11.5 Å². The van der Waals surface area contributed by atoms with Crippen molar-refractivity contribution in [3.8, 4) is 11.5 Å². The number of rotatable bonds is 9. The maximum atomic E-state index is 12.4. The van der Waals surface area contributed by atoms with Gasteiger partial charge in [-0.25, -0.2) is 0 Å². The minimum Gasteiger partial charge on any atom is -0.495 e. The van der Waals surface area contributed by atoms with E-state index in [0.717, 1.165) is 37.6 Å². The summed E-state index contributed by atoms with van der Waals surface area (Å²) in [4.78, 5) is 28.8. The highest BCUT2D eigenvalue weighted by Gasteiger charge is 2.20.